The minimum atomic E-state index is -1.17. The van der Waals surface area contributed by atoms with Gasteiger partial charge in [0, 0.05) is 6.42 Å². The molecule has 0 aromatic rings. The molecule has 0 aliphatic heterocycles. The number of carbonyl (C=O) groups is 5. The quantitative estimate of drug-likeness (QED) is 0.110. The van der Waals surface area contributed by atoms with Gasteiger partial charge in [0.2, 0.25) is 17.7 Å². The average molecular weight is 520 g/mol. The zero-order valence-electron chi connectivity index (χ0n) is 20.7. The number of carboxylic acids is 2. The molecule has 0 saturated carbocycles. The summed E-state index contributed by atoms with van der Waals surface area (Å²) < 4.78 is 0. The summed E-state index contributed by atoms with van der Waals surface area (Å²) in [6.45, 7) is 3.92. The molecule has 0 heterocycles. The zero-order valence-corrected chi connectivity index (χ0v) is 21.6. The second-order valence-corrected chi connectivity index (χ2v) is 9.42. The monoisotopic (exact) mass is 519 g/mol. The van der Waals surface area contributed by atoms with E-state index in [-0.39, 0.29) is 31.6 Å². The van der Waals surface area contributed by atoms with Crippen LogP contribution in [0.5, 0.6) is 0 Å². The second kappa shape index (κ2) is 18.0. The number of hydrogen-bond acceptors (Lipinski definition) is 8. The molecule has 5 atom stereocenters. The smallest absolute Gasteiger partial charge is 0.326 e. The van der Waals surface area contributed by atoms with Gasteiger partial charge >= 0.3 is 11.9 Å². The van der Waals surface area contributed by atoms with E-state index in [4.69, 9.17) is 16.6 Å². The van der Waals surface area contributed by atoms with E-state index in [1.807, 2.05) is 13.2 Å². The van der Waals surface area contributed by atoms with Crippen molar-refractivity contribution in [3.05, 3.63) is 0 Å². The zero-order chi connectivity index (χ0) is 27.0. The van der Waals surface area contributed by atoms with Gasteiger partial charge in [0.25, 0.3) is 0 Å². The van der Waals surface area contributed by atoms with E-state index in [0.717, 1.165) is 0 Å². The summed E-state index contributed by atoms with van der Waals surface area (Å²) >= 11 is 1.46. The summed E-state index contributed by atoms with van der Waals surface area (Å²) in [6.07, 6.45) is 3.62. The third-order valence-electron chi connectivity index (χ3n) is 5.61. The number of nitrogens with two attached hydrogens (primary N) is 2. The standard InChI is InChI=1S/C22H41N5O7S/c1-4-13(2)18(22(33)34)27-21(32)15(7-5-6-11-23)26-20(31)16(10-12-35-3)25-19(30)14(24)8-9-17(28)29/h13-16,18H,4-12,23-24H2,1-3H3,(H,25,30)(H,26,31)(H,27,32)(H,28,29)(H,33,34). The lowest BCUT2D eigenvalue weighted by Gasteiger charge is -2.26. The maximum absolute atomic E-state index is 13.0. The van der Waals surface area contributed by atoms with Crippen molar-refractivity contribution in [1.29, 1.82) is 0 Å². The Kier molecular flexibility index (Phi) is 16.7. The van der Waals surface area contributed by atoms with Crippen molar-refractivity contribution in [2.24, 2.45) is 17.4 Å². The van der Waals surface area contributed by atoms with Gasteiger partial charge in [-0.25, -0.2) is 4.79 Å². The lowest BCUT2D eigenvalue weighted by Crippen LogP contribution is -2.57. The third-order valence-corrected chi connectivity index (χ3v) is 6.25. The normalized spacial score (nSPS) is 15.2. The van der Waals surface area contributed by atoms with Crippen LogP contribution < -0.4 is 27.4 Å². The molecule has 202 valence electrons. The largest absolute Gasteiger partial charge is 0.481 e. The van der Waals surface area contributed by atoms with E-state index >= 15 is 0 Å². The highest BCUT2D eigenvalue weighted by Gasteiger charge is 2.31. The molecule has 12 nitrogen and oxygen atoms in total. The van der Waals surface area contributed by atoms with Crippen molar-refractivity contribution in [3.63, 3.8) is 0 Å². The summed E-state index contributed by atoms with van der Waals surface area (Å²) in [7, 11) is 0. The predicted molar refractivity (Wildman–Crippen MR) is 134 cm³/mol. The second-order valence-electron chi connectivity index (χ2n) is 8.44. The molecule has 5 unspecified atom stereocenters. The summed E-state index contributed by atoms with van der Waals surface area (Å²) in [5.74, 6) is -3.95. The highest BCUT2D eigenvalue weighted by atomic mass is 32.2. The molecule has 0 aliphatic carbocycles. The fourth-order valence-corrected chi connectivity index (χ4v) is 3.64. The van der Waals surface area contributed by atoms with Crippen LogP contribution in [0.25, 0.3) is 0 Å². The molecule has 0 fully saturated rings. The molecule has 0 bridgehead atoms. The van der Waals surface area contributed by atoms with Gasteiger partial charge in [0.15, 0.2) is 0 Å². The Labute approximate surface area is 210 Å². The number of amides is 3. The Bertz CT molecular complexity index is 710. The van der Waals surface area contributed by atoms with Crippen LogP contribution in [0.15, 0.2) is 0 Å². The highest BCUT2D eigenvalue weighted by molar-refractivity contribution is 7.98. The molecule has 0 aromatic carbocycles. The van der Waals surface area contributed by atoms with Crippen LogP contribution in [0.2, 0.25) is 0 Å². The molecule has 13 heteroatoms. The number of unbranched alkanes of at least 4 members (excludes halogenated alkanes) is 1. The molecule has 0 radical (unpaired) electrons. The Morgan fingerprint density at radius 2 is 1.46 bits per heavy atom. The van der Waals surface area contributed by atoms with Crippen molar-refractivity contribution < 1.29 is 34.2 Å². The van der Waals surface area contributed by atoms with Crippen molar-refractivity contribution in [3.8, 4) is 0 Å². The van der Waals surface area contributed by atoms with Crippen LogP contribution in [0, 0.1) is 5.92 Å². The van der Waals surface area contributed by atoms with Crippen LogP contribution in [0.3, 0.4) is 0 Å². The molecule has 0 spiro atoms. The van der Waals surface area contributed by atoms with Crippen molar-refractivity contribution >= 4 is 41.4 Å². The highest BCUT2D eigenvalue weighted by Crippen LogP contribution is 2.10. The van der Waals surface area contributed by atoms with Gasteiger partial charge in [-0.1, -0.05) is 20.3 Å². The number of carbonyl (C=O) groups excluding carboxylic acids is 3. The van der Waals surface area contributed by atoms with E-state index in [0.29, 0.717) is 31.6 Å². The first-order chi connectivity index (χ1) is 16.5. The number of hydrogen-bond donors (Lipinski definition) is 7. The molecule has 3 amide bonds. The van der Waals surface area contributed by atoms with E-state index in [2.05, 4.69) is 16.0 Å². The Morgan fingerprint density at radius 1 is 0.886 bits per heavy atom. The van der Waals surface area contributed by atoms with Crippen LogP contribution in [0.1, 0.15) is 58.8 Å². The minimum absolute atomic E-state index is 0.0889. The summed E-state index contributed by atoms with van der Waals surface area (Å²) in [5.41, 5.74) is 11.3. The van der Waals surface area contributed by atoms with Gasteiger partial charge < -0.3 is 37.6 Å². The van der Waals surface area contributed by atoms with E-state index in [9.17, 15) is 29.1 Å². The van der Waals surface area contributed by atoms with Gasteiger partial charge in [0.05, 0.1) is 6.04 Å². The number of nitrogens with one attached hydrogen (secondary N) is 3. The predicted octanol–water partition coefficient (Wildman–Crippen LogP) is -0.354. The first-order valence-corrected chi connectivity index (χ1v) is 13.2. The topological polar surface area (TPSA) is 214 Å². The third kappa shape index (κ3) is 13.3. The molecule has 35 heavy (non-hydrogen) atoms. The van der Waals surface area contributed by atoms with Crippen LogP contribution in [0.4, 0.5) is 0 Å². The molecule has 0 aromatic heterocycles. The Morgan fingerprint density at radius 3 is 1.97 bits per heavy atom. The van der Waals surface area contributed by atoms with Crippen LogP contribution >= 0.6 is 11.8 Å². The maximum Gasteiger partial charge on any atom is 0.326 e. The molecular formula is C22H41N5O7S. The number of carboxylic acid groups (broad SMARTS) is 2. The Balaban J connectivity index is 5.49. The fourth-order valence-electron chi connectivity index (χ4n) is 3.16. The van der Waals surface area contributed by atoms with Gasteiger partial charge in [-0.15, -0.1) is 0 Å². The van der Waals surface area contributed by atoms with Crippen LogP contribution in [-0.4, -0.2) is 82.6 Å². The van der Waals surface area contributed by atoms with E-state index in [1.165, 1.54) is 11.8 Å². The lowest BCUT2D eigenvalue weighted by molar-refractivity contribution is -0.144. The van der Waals surface area contributed by atoms with Crippen molar-refractivity contribution in [2.45, 2.75) is 83.0 Å². The number of thioether (sulfide) groups is 1. The fraction of sp³-hybridized carbons (Fsp3) is 0.773. The SMILES string of the molecule is CCC(C)C(NC(=O)C(CCCCN)NC(=O)C(CCSC)NC(=O)C(N)CCC(=O)O)C(=O)O. The molecule has 9 N–H and O–H groups in total. The summed E-state index contributed by atoms with van der Waals surface area (Å²) in [6, 6.07) is -4.23. The van der Waals surface area contributed by atoms with Gasteiger partial charge in [-0.3, -0.25) is 19.2 Å². The molecular weight excluding hydrogens is 478 g/mol. The van der Waals surface area contributed by atoms with E-state index in [1.54, 1.807) is 6.92 Å². The summed E-state index contributed by atoms with van der Waals surface area (Å²) in [5, 5.41) is 26.0. The summed E-state index contributed by atoms with van der Waals surface area (Å²) in [4.78, 5) is 60.8. The van der Waals surface area contributed by atoms with Gasteiger partial charge in [-0.2, -0.15) is 11.8 Å². The van der Waals surface area contributed by atoms with Crippen LogP contribution in [-0.2, 0) is 24.0 Å². The van der Waals surface area contributed by atoms with E-state index < -0.39 is 53.8 Å². The Hall–Kier alpha value is -2.38. The number of aliphatic carboxylic acids is 2. The lowest BCUT2D eigenvalue weighted by atomic mass is 9.98. The minimum Gasteiger partial charge on any atom is -0.481 e. The molecule has 0 saturated heterocycles. The molecule has 0 rings (SSSR count). The van der Waals surface area contributed by atoms with Gasteiger partial charge in [-0.05, 0) is 56.6 Å². The van der Waals surface area contributed by atoms with Crippen molar-refractivity contribution in [2.75, 3.05) is 18.6 Å². The first kappa shape index (κ1) is 32.6. The average Bonchev–Trinajstić information content (AvgIpc) is 2.81. The number of rotatable bonds is 19. The van der Waals surface area contributed by atoms with Crippen molar-refractivity contribution in [1.82, 2.24) is 16.0 Å². The first-order valence-electron chi connectivity index (χ1n) is 11.8. The maximum atomic E-state index is 13.0. The van der Waals surface area contributed by atoms with Gasteiger partial charge in [0.1, 0.15) is 18.1 Å². The molecule has 0 aliphatic rings.